The molecule has 1 heterocycles. The summed E-state index contributed by atoms with van der Waals surface area (Å²) in [4.78, 5) is 4.24. The van der Waals surface area contributed by atoms with Gasteiger partial charge in [0, 0.05) is 22.9 Å². The van der Waals surface area contributed by atoms with Crippen LogP contribution in [0.5, 0.6) is 0 Å². The predicted octanol–water partition coefficient (Wildman–Crippen LogP) is 3.23. The van der Waals surface area contributed by atoms with Gasteiger partial charge in [-0.3, -0.25) is 0 Å². The average molecular weight is 289 g/mol. The van der Waals surface area contributed by atoms with Crippen LogP contribution in [0, 0.1) is 10.7 Å². The van der Waals surface area contributed by atoms with E-state index in [2.05, 4.69) is 4.98 Å². The maximum Gasteiger partial charge on any atom is 0.303 e. The molecule has 0 bridgehead atoms. The number of nitriles is 1. The number of fused-ring (bicyclic) bond motifs is 1. The minimum Gasteiger partial charge on any atom is -0.609 e. The SMILES string of the molecule is N#CSC[S+]([O-])c1nc2cccc(Cl)c2s1. The lowest BCUT2D eigenvalue weighted by Crippen LogP contribution is -2.02. The van der Waals surface area contributed by atoms with Gasteiger partial charge in [0.1, 0.15) is 5.40 Å². The van der Waals surface area contributed by atoms with Gasteiger partial charge in [0.15, 0.2) is 5.08 Å². The molecule has 0 N–H and O–H groups in total. The van der Waals surface area contributed by atoms with Gasteiger partial charge >= 0.3 is 4.34 Å². The van der Waals surface area contributed by atoms with E-state index in [1.165, 1.54) is 11.3 Å². The van der Waals surface area contributed by atoms with Crippen LogP contribution in [0.25, 0.3) is 10.2 Å². The number of aromatic nitrogens is 1. The molecule has 0 saturated carbocycles. The van der Waals surface area contributed by atoms with Gasteiger partial charge < -0.3 is 4.55 Å². The molecule has 1 aromatic carbocycles. The molecule has 0 fully saturated rings. The van der Waals surface area contributed by atoms with Crippen molar-refractivity contribution in [3.63, 3.8) is 0 Å². The zero-order valence-corrected chi connectivity index (χ0v) is 11.0. The molecule has 0 aliphatic rings. The van der Waals surface area contributed by atoms with Crippen LogP contribution in [-0.4, -0.2) is 14.6 Å². The van der Waals surface area contributed by atoms with Crippen LogP contribution < -0.4 is 0 Å². The first kappa shape index (κ1) is 12.0. The third kappa shape index (κ3) is 2.44. The first-order valence-corrected chi connectivity index (χ1v) is 7.66. The van der Waals surface area contributed by atoms with Crippen molar-refractivity contribution in [1.82, 2.24) is 4.98 Å². The molecular weight excluding hydrogens is 284 g/mol. The van der Waals surface area contributed by atoms with Gasteiger partial charge in [-0.25, -0.2) is 0 Å². The zero-order valence-electron chi connectivity index (χ0n) is 7.84. The lowest BCUT2D eigenvalue weighted by atomic mass is 10.3. The van der Waals surface area contributed by atoms with Gasteiger partial charge in [0.05, 0.1) is 15.2 Å². The third-order valence-corrected chi connectivity index (χ3v) is 5.84. The number of hydrogen-bond acceptors (Lipinski definition) is 5. The molecule has 2 aromatic rings. The number of nitrogens with zero attached hydrogens (tertiary/aromatic N) is 2. The topological polar surface area (TPSA) is 59.7 Å². The van der Waals surface area contributed by atoms with Gasteiger partial charge in [-0.15, -0.1) is 0 Å². The van der Waals surface area contributed by atoms with E-state index in [4.69, 9.17) is 16.9 Å². The van der Waals surface area contributed by atoms with Crippen LogP contribution in [0.4, 0.5) is 0 Å². The van der Waals surface area contributed by atoms with Crippen molar-refractivity contribution in [2.75, 3.05) is 5.08 Å². The fourth-order valence-electron chi connectivity index (χ4n) is 1.12. The Morgan fingerprint density at radius 3 is 3.12 bits per heavy atom. The summed E-state index contributed by atoms with van der Waals surface area (Å²) < 4.78 is 13.1. The first-order valence-electron chi connectivity index (χ1n) is 4.16. The molecule has 1 atom stereocenters. The fraction of sp³-hybridized carbons (Fsp3) is 0.111. The summed E-state index contributed by atoms with van der Waals surface area (Å²) in [5, 5.41) is 11.1. The maximum absolute atomic E-state index is 11.7. The van der Waals surface area contributed by atoms with E-state index in [1.54, 1.807) is 12.1 Å². The molecule has 0 spiro atoms. The van der Waals surface area contributed by atoms with Crippen LogP contribution >= 0.6 is 34.7 Å². The highest BCUT2D eigenvalue weighted by Gasteiger charge is 2.18. The Hall–Kier alpha value is -0.450. The first-order chi connectivity index (χ1) is 7.72. The predicted molar refractivity (Wildman–Crippen MR) is 69.1 cm³/mol. The Balaban J connectivity index is 2.33. The Labute approximate surface area is 109 Å². The maximum atomic E-state index is 11.7. The van der Waals surface area contributed by atoms with E-state index in [0.717, 1.165) is 22.0 Å². The van der Waals surface area contributed by atoms with E-state index in [1.807, 2.05) is 11.5 Å². The van der Waals surface area contributed by atoms with Crippen molar-refractivity contribution in [3.8, 4) is 5.40 Å². The number of hydrogen-bond donors (Lipinski definition) is 0. The molecule has 0 aliphatic heterocycles. The van der Waals surface area contributed by atoms with Crippen molar-refractivity contribution >= 4 is 56.1 Å². The lowest BCUT2D eigenvalue weighted by Gasteiger charge is -2.01. The molecule has 82 valence electrons. The molecule has 7 heteroatoms. The smallest absolute Gasteiger partial charge is 0.303 e. The summed E-state index contributed by atoms with van der Waals surface area (Å²) in [7, 11) is 0. The van der Waals surface area contributed by atoms with Gasteiger partial charge in [0.25, 0.3) is 0 Å². The number of thiocyanates is 1. The van der Waals surface area contributed by atoms with Crippen molar-refractivity contribution in [2.24, 2.45) is 0 Å². The molecule has 0 saturated heterocycles. The van der Waals surface area contributed by atoms with E-state index in [0.29, 0.717) is 9.36 Å². The molecule has 16 heavy (non-hydrogen) atoms. The van der Waals surface area contributed by atoms with Crippen LogP contribution in [0.1, 0.15) is 0 Å². The third-order valence-electron chi connectivity index (χ3n) is 1.77. The standard InChI is InChI=1S/C9H5ClN2OS3/c10-6-2-1-3-7-8(6)15-9(12-7)16(13)5-14-4-11/h1-3H,5H2. The van der Waals surface area contributed by atoms with E-state index in [9.17, 15) is 4.55 Å². The number of thioether (sulfide) groups is 1. The van der Waals surface area contributed by atoms with Gasteiger partial charge in [-0.05, 0) is 12.1 Å². The minimum absolute atomic E-state index is 0.244. The van der Waals surface area contributed by atoms with Crippen LogP contribution in [0.15, 0.2) is 22.5 Å². The number of benzene rings is 1. The second kappa shape index (κ2) is 5.25. The largest absolute Gasteiger partial charge is 0.609 e. The zero-order chi connectivity index (χ0) is 11.5. The Bertz CT molecular complexity index is 551. The number of halogens is 1. The summed E-state index contributed by atoms with van der Waals surface area (Å²) in [5.74, 6) is 0. The van der Waals surface area contributed by atoms with Crippen LogP contribution in [0.3, 0.4) is 0 Å². The van der Waals surface area contributed by atoms with Crippen LogP contribution in [0.2, 0.25) is 5.02 Å². The van der Waals surface area contributed by atoms with Gasteiger partial charge in [-0.1, -0.05) is 29.0 Å². The molecule has 1 aromatic heterocycles. The Kier molecular flexibility index (Phi) is 3.95. The van der Waals surface area contributed by atoms with E-state index in [-0.39, 0.29) is 5.08 Å². The molecule has 0 radical (unpaired) electrons. The molecular formula is C9H5ClN2OS3. The lowest BCUT2D eigenvalue weighted by molar-refractivity contribution is 0.599. The molecule has 0 amide bonds. The van der Waals surface area contributed by atoms with Gasteiger partial charge in [0.2, 0.25) is 0 Å². The monoisotopic (exact) mass is 288 g/mol. The summed E-state index contributed by atoms with van der Waals surface area (Å²) in [6, 6.07) is 5.41. The number of thiazole rings is 1. The van der Waals surface area contributed by atoms with E-state index < -0.39 is 11.2 Å². The highest BCUT2D eigenvalue weighted by atomic mass is 35.5. The molecule has 0 aliphatic carbocycles. The average Bonchev–Trinajstić information content (AvgIpc) is 2.71. The normalized spacial score (nSPS) is 12.6. The summed E-state index contributed by atoms with van der Waals surface area (Å²) >= 11 is 7.04. The summed E-state index contributed by atoms with van der Waals surface area (Å²) in [6.45, 7) is 0. The van der Waals surface area contributed by atoms with Crippen molar-refractivity contribution in [2.45, 2.75) is 4.34 Å². The summed E-state index contributed by atoms with van der Waals surface area (Å²) in [6.07, 6.45) is 0. The highest BCUT2D eigenvalue weighted by molar-refractivity contribution is 8.15. The quantitative estimate of drug-likeness (QED) is 0.643. The van der Waals surface area contributed by atoms with Crippen molar-refractivity contribution < 1.29 is 4.55 Å². The molecule has 3 nitrogen and oxygen atoms in total. The Morgan fingerprint density at radius 2 is 2.44 bits per heavy atom. The second-order valence-electron chi connectivity index (χ2n) is 2.77. The minimum atomic E-state index is -1.23. The van der Waals surface area contributed by atoms with Crippen molar-refractivity contribution in [3.05, 3.63) is 23.2 Å². The van der Waals surface area contributed by atoms with Crippen LogP contribution in [-0.2, 0) is 11.2 Å². The second-order valence-corrected chi connectivity index (χ2v) is 6.92. The molecule has 1 unspecified atom stereocenters. The van der Waals surface area contributed by atoms with E-state index >= 15 is 0 Å². The highest BCUT2D eigenvalue weighted by Crippen LogP contribution is 2.32. The Morgan fingerprint density at radius 1 is 1.62 bits per heavy atom. The summed E-state index contributed by atoms with van der Waals surface area (Å²) in [5.41, 5.74) is 0.753. The van der Waals surface area contributed by atoms with Crippen molar-refractivity contribution in [1.29, 1.82) is 5.26 Å². The number of rotatable bonds is 3. The molecule has 2 rings (SSSR count). The van der Waals surface area contributed by atoms with Gasteiger partial charge in [-0.2, -0.15) is 10.2 Å². The fourth-order valence-corrected chi connectivity index (χ4v) is 4.41.